The molecule has 1 fully saturated rings. The molecular weight excluding hydrogens is 280 g/mol. The third kappa shape index (κ3) is 5.15. The molecule has 0 atom stereocenters. The minimum atomic E-state index is 0. The van der Waals surface area contributed by atoms with Crippen LogP contribution in [0.3, 0.4) is 0 Å². The number of rotatable bonds is 0. The van der Waals surface area contributed by atoms with E-state index in [-0.39, 0.29) is 21.1 Å². The van der Waals surface area contributed by atoms with Crippen molar-refractivity contribution < 1.29 is 21.1 Å². The third-order valence-corrected chi connectivity index (χ3v) is 1.82. The standard InChI is InChI=1S/C8H15.W/c1-2-4-6-8-7-5-3-1;/h1H,2-8H2;/q-1;. The van der Waals surface area contributed by atoms with Crippen molar-refractivity contribution in [3.05, 3.63) is 6.42 Å². The van der Waals surface area contributed by atoms with Gasteiger partial charge >= 0.3 is 0 Å². The summed E-state index contributed by atoms with van der Waals surface area (Å²) in [5, 5.41) is 0. The fourth-order valence-electron chi connectivity index (χ4n) is 1.25. The van der Waals surface area contributed by atoms with Gasteiger partial charge in [-0.05, 0) is 0 Å². The van der Waals surface area contributed by atoms with Crippen molar-refractivity contribution in [3.63, 3.8) is 0 Å². The van der Waals surface area contributed by atoms with Crippen LogP contribution in [-0.4, -0.2) is 0 Å². The van der Waals surface area contributed by atoms with E-state index in [0.717, 1.165) is 0 Å². The monoisotopic (exact) mass is 295 g/mol. The number of hydrogen-bond acceptors (Lipinski definition) is 0. The Morgan fingerprint density at radius 2 is 1.11 bits per heavy atom. The molecule has 9 heavy (non-hydrogen) atoms. The van der Waals surface area contributed by atoms with Gasteiger partial charge in [-0.3, -0.25) is 0 Å². The average molecular weight is 295 g/mol. The molecule has 0 N–H and O–H groups in total. The summed E-state index contributed by atoms with van der Waals surface area (Å²) in [5.74, 6) is 0. The fourth-order valence-corrected chi connectivity index (χ4v) is 1.25. The molecule has 1 rings (SSSR count). The molecule has 0 radical (unpaired) electrons. The Morgan fingerprint density at radius 3 is 1.67 bits per heavy atom. The molecular formula is C8H15W-. The van der Waals surface area contributed by atoms with Crippen molar-refractivity contribution in [3.8, 4) is 0 Å². The maximum atomic E-state index is 2.44. The fraction of sp³-hybridized carbons (Fsp3) is 0.875. The first kappa shape index (κ1) is 9.69. The van der Waals surface area contributed by atoms with E-state index in [1.165, 1.54) is 44.9 Å². The Labute approximate surface area is 72.7 Å². The van der Waals surface area contributed by atoms with Crippen LogP contribution in [0.2, 0.25) is 0 Å². The van der Waals surface area contributed by atoms with Gasteiger partial charge in [0, 0.05) is 21.1 Å². The van der Waals surface area contributed by atoms with Gasteiger partial charge < -0.3 is 6.42 Å². The summed E-state index contributed by atoms with van der Waals surface area (Å²) in [4.78, 5) is 0. The molecule has 54 valence electrons. The Bertz CT molecular complexity index is 28.5. The average Bonchev–Trinajstić information content (AvgIpc) is 1.62. The molecule has 0 aromatic heterocycles. The van der Waals surface area contributed by atoms with Crippen LogP contribution in [-0.2, 0) is 21.1 Å². The van der Waals surface area contributed by atoms with E-state index >= 15 is 0 Å². The van der Waals surface area contributed by atoms with Gasteiger partial charge in [-0.25, -0.2) is 0 Å². The summed E-state index contributed by atoms with van der Waals surface area (Å²) < 4.78 is 0. The molecule has 0 saturated heterocycles. The first-order valence-corrected chi connectivity index (χ1v) is 3.82. The van der Waals surface area contributed by atoms with Crippen LogP contribution in [0.15, 0.2) is 0 Å². The SMILES string of the molecule is [CH-]1CCCCCCC1.[W]. The Hall–Kier alpha value is 0.688. The van der Waals surface area contributed by atoms with E-state index in [1.54, 1.807) is 0 Å². The molecule has 0 amide bonds. The minimum Gasteiger partial charge on any atom is -0.328 e. The van der Waals surface area contributed by atoms with Crippen LogP contribution in [0.4, 0.5) is 0 Å². The third-order valence-electron chi connectivity index (χ3n) is 1.82. The van der Waals surface area contributed by atoms with Crippen molar-refractivity contribution >= 4 is 0 Å². The van der Waals surface area contributed by atoms with E-state index in [2.05, 4.69) is 6.42 Å². The van der Waals surface area contributed by atoms with Gasteiger partial charge in [0.2, 0.25) is 0 Å². The second-order valence-electron chi connectivity index (χ2n) is 2.63. The Balaban J connectivity index is 0.000000640. The van der Waals surface area contributed by atoms with Crippen molar-refractivity contribution in [1.29, 1.82) is 0 Å². The molecule has 1 aliphatic rings. The first-order valence-electron chi connectivity index (χ1n) is 3.82. The second-order valence-corrected chi connectivity index (χ2v) is 2.63. The van der Waals surface area contributed by atoms with Crippen LogP contribution >= 0.6 is 0 Å². The largest absolute Gasteiger partial charge is 0.328 e. The van der Waals surface area contributed by atoms with Gasteiger partial charge in [0.05, 0.1) is 0 Å². The van der Waals surface area contributed by atoms with E-state index in [0.29, 0.717) is 0 Å². The summed E-state index contributed by atoms with van der Waals surface area (Å²) >= 11 is 0. The normalized spacial score (nSPS) is 21.3. The maximum Gasteiger partial charge on any atom is 0 e. The molecule has 0 aliphatic heterocycles. The van der Waals surface area contributed by atoms with Crippen molar-refractivity contribution in [2.24, 2.45) is 0 Å². The van der Waals surface area contributed by atoms with E-state index in [1.807, 2.05) is 0 Å². The van der Waals surface area contributed by atoms with Crippen molar-refractivity contribution in [1.82, 2.24) is 0 Å². The molecule has 0 aromatic rings. The quantitative estimate of drug-likeness (QED) is 0.603. The number of hydrogen-bond donors (Lipinski definition) is 0. The summed E-state index contributed by atoms with van der Waals surface area (Å²) in [5.41, 5.74) is 0. The van der Waals surface area contributed by atoms with Gasteiger partial charge in [-0.1, -0.05) is 32.1 Å². The Kier molecular flexibility index (Phi) is 7.32. The van der Waals surface area contributed by atoms with Crippen molar-refractivity contribution in [2.75, 3.05) is 0 Å². The van der Waals surface area contributed by atoms with Crippen LogP contribution < -0.4 is 0 Å². The van der Waals surface area contributed by atoms with Gasteiger partial charge in [-0.15, -0.1) is 0 Å². The molecule has 0 unspecified atom stereocenters. The zero-order valence-electron chi connectivity index (χ0n) is 5.94. The van der Waals surface area contributed by atoms with E-state index in [4.69, 9.17) is 0 Å². The summed E-state index contributed by atoms with van der Waals surface area (Å²) in [6.07, 6.45) is 12.5. The molecule has 0 aromatic carbocycles. The molecule has 0 spiro atoms. The smallest absolute Gasteiger partial charge is 0 e. The van der Waals surface area contributed by atoms with Crippen LogP contribution in [0.5, 0.6) is 0 Å². The molecule has 0 bridgehead atoms. The first-order chi connectivity index (χ1) is 4.00. The van der Waals surface area contributed by atoms with Gasteiger partial charge in [0.15, 0.2) is 0 Å². The Morgan fingerprint density at radius 1 is 0.667 bits per heavy atom. The summed E-state index contributed by atoms with van der Waals surface area (Å²) in [6, 6.07) is 0. The molecule has 1 heteroatoms. The molecule has 1 aliphatic carbocycles. The minimum absolute atomic E-state index is 0. The second kappa shape index (κ2) is 6.80. The van der Waals surface area contributed by atoms with E-state index in [9.17, 15) is 0 Å². The van der Waals surface area contributed by atoms with Crippen LogP contribution in [0.1, 0.15) is 44.9 Å². The van der Waals surface area contributed by atoms with Gasteiger partial charge in [-0.2, -0.15) is 12.8 Å². The zero-order valence-corrected chi connectivity index (χ0v) is 8.87. The molecule has 1 saturated carbocycles. The predicted molar refractivity (Wildman–Crippen MR) is 36.6 cm³/mol. The zero-order chi connectivity index (χ0) is 5.66. The van der Waals surface area contributed by atoms with Crippen molar-refractivity contribution in [2.45, 2.75) is 44.9 Å². The molecule has 0 heterocycles. The molecule has 0 nitrogen and oxygen atoms in total. The topological polar surface area (TPSA) is 0 Å². The predicted octanol–water partition coefficient (Wildman–Crippen LogP) is 2.93. The maximum absolute atomic E-state index is 2.44. The van der Waals surface area contributed by atoms with Gasteiger partial charge in [0.25, 0.3) is 0 Å². The van der Waals surface area contributed by atoms with E-state index < -0.39 is 0 Å². The van der Waals surface area contributed by atoms with Gasteiger partial charge in [0.1, 0.15) is 0 Å². The summed E-state index contributed by atoms with van der Waals surface area (Å²) in [7, 11) is 0. The van der Waals surface area contributed by atoms with Crippen LogP contribution in [0, 0.1) is 6.42 Å². The van der Waals surface area contributed by atoms with Crippen LogP contribution in [0.25, 0.3) is 0 Å². The summed E-state index contributed by atoms with van der Waals surface area (Å²) in [6.45, 7) is 0.